The summed E-state index contributed by atoms with van der Waals surface area (Å²) in [5.74, 6) is 1.22. The van der Waals surface area contributed by atoms with Crippen molar-refractivity contribution >= 4 is 0 Å². The molecule has 184 valence electrons. The number of hydrogen-bond donors (Lipinski definition) is 0. The number of nitrogens with zero attached hydrogens (tertiary/aromatic N) is 2. The zero-order valence-corrected chi connectivity index (χ0v) is 22.6. The van der Waals surface area contributed by atoms with Gasteiger partial charge < -0.3 is 14.7 Å². The van der Waals surface area contributed by atoms with Crippen LogP contribution in [0, 0.1) is 12.1 Å². The summed E-state index contributed by atoms with van der Waals surface area (Å²) in [6.45, 7) is 0. The molecule has 3 nitrogen and oxygen atoms in total. The van der Waals surface area contributed by atoms with Gasteiger partial charge in [0, 0.05) is 12.4 Å². The van der Waals surface area contributed by atoms with Crippen LogP contribution < -0.4 is 4.74 Å². The molecule has 0 radical (unpaired) electrons. The molecular weight excluding hydrogens is 647 g/mol. The van der Waals surface area contributed by atoms with Crippen molar-refractivity contribution in [2.24, 2.45) is 0 Å². The zero-order chi connectivity index (χ0) is 24.9. The Morgan fingerprint density at radius 2 is 0.868 bits per heavy atom. The maximum atomic E-state index is 6.71. The Labute approximate surface area is 237 Å². The average molecular weight is 670 g/mol. The molecular formula is C34H22N2OPt. The smallest absolute Gasteiger partial charge is 0.495 e. The third kappa shape index (κ3) is 5.49. The van der Waals surface area contributed by atoms with Crippen LogP contribution in [-0.4, -0.2) is 9.97 Å². The Kier molecular flexibility index (Phi) is 7.87. The van der Waals surface area contributed by atoms with Gasteiger partial charge in [0.25, 0.3) is 0 Å². The minimum atomic E-state index is 0. The largest absolute Gasteiger partial charge is 2.00 e. The maximum Gasteiger partial charge on any atom is 2.00 e. The Hall–Kier alpha value is -4.33. The van der Waals surface area contributed by atoms with Crippen LogP contribution in [0.3, 0.4) is 0 Å². The first-order valence-corrected chi connectivity index (χ1v) is 12.1. The molecule has 6 aromatic rings. The second-order valence-corrected chi connectivity index (χ2v) is 8.49. The van der Waals surface area contributed by atoms with Crippen molar-refractivity contribution in [2.45, 2.75) is 0 Å². The number of aromatic nitrogens is 2. The standard InChI is InChI=1S/C34H22N2O.Pt/c1-3-11-25(12-4-1)29-19-17-27(31-15-7-9-21-35-31)23-33(29)37-34-24-28(32-16-8-10-22-36-32)18-20-30(34)26-13-5-2-6-14-26;/h1-22H;/q-2;+2. The number of rotatable bonds is 6. The molecule has 0 aliphatic heterocycles. The molecule has 0 atom stereocenters. The summed E-state index contributed by atoms with van der Waals surface area (Å²) in [6, 6.07) is 47.3. The molecule has 6 rings (SSSR count). The number of pyridine rings is 2. The fourth-order valence-corrected chi connectivity index (χ4v) is 4.24. The molecule has 4 heteroatoms. The Morgan fingerprint density at radius 3 is 1.26 bits per heavy atom. The van der Waals surface area contributed by atoms with Gasteiger partial charge >= 0.3 is 21.1 Å². The van der Waals surface area contributed by atoms with Gasteiger partial charge in [0.2, 0.25) is 0 Å². The van der Waals surface area contributed by atoms with E-state index in [9.17, 15) is 0 Å². The molecule has 0 saturated carbocycles. The van der Waals surface area contributed by atoms with E-state index in [1.165, 1.54) is 0 Å². The Bertz CT molecular complexity index is 1500. The van der Waals surface area contributed by atoms with Gasteiger partial charge in [0.15, 0.2) is 0 Å². The van der Waals surface area contributed by atoms with Crippen molar-refractivity contribution in [3.63, 3.8) is 0 Å². The van der Waals surface area contributed by atoms with E-state index < -0.39 is 0 Å². The van der Waals surface area contributed by atoms with E-state index in [0.29, 0.717) is 11.5 Å². The van der Waals surface area contributed by atoms with Gasteiger partial charge in [-0.1, -0.05) is 119 Å². The van der Waals surface area contributed by atoms with Gasteiger partial charge in [-0.2, -0.15) is 0 Å². The molecule has 2 aromatic heterocycles. The fourth-order valence-electron chi connectivity index (χ4n) is 4.24. The fraction of sp³-hybridized carbons (Fsp3) is 0. The summed E-state index contributed by atoms with van der Waals surface area (Å²) in [7, 11) is 0. The molecule has 0 amide bonds. The Balaban J connectivity index is 0.00000294. The molecule has 0 aliphatic carbocycles. The summed E-state index contributed by atoms with van der Waals surface area (Å²) in [5.41, 5.74) is 7.36. The van der Waals surface area contributed by atoms with E-state index >= 15 is 0 Å². The summed E-state index contributed by atoms with van der Waals surface area (Å²) in [6.07, 6.45) is 3.57. The minimum absolute atomic E-state index is 0. The van der Waals surface area contributed by atoms with Gasteiger partial charge in [-0.15, -0.1) is 35.4 Å². The zero-order valence-electron chi connectivity index (χ0n) is 20.3. The van der Waals surface area contributed by atoms with Gasteiger partial charge in [-0.05, 0) is 23.5 Å². The predicted molar refractivity (Wildman–Crippen MR) is 148 cm³/mol. The first kappa shape index (κ1) is 25.3. The minimum Gasteiger partial charge on any atom is -0.495 e. The van der Waals surface area contributed by atoms with Gasteiger partial charge in [0.05, 0.1) is 11.5 Å². The first-order valence-electron chi connectivity index (χ1n) is 12.1. The third-order valence-electron chi connectivity index (χ3n) is 6.07. The molecule has 0 fully saturated rings. The molecule has 2 heterocycles. The molecule has 0 aliphatic rings. The van der Waals surface area contributed by atoms with Crippen LogP contribution in [0.15, 0.2) is 134 Å². The van der Waals surface area contributed by atoms with Crippen molar-refractivity contribution in [3.8, 4) is 56.3 Å². The number of ether oxygens (including phenoxy) is 1. The maximum absolute atomic E-state index is 6.71. The van der Waals surface area contributed by atoms with Crippen LogP contribution >= 0.6 is 0 Å². The predicted octanol–water partition coefficient (Wildman–Crippen LogP) is 8.53. The second kappa shape index (κ2) is 11.8. The van der Waals surface area contributed by atoms with E-state index in [1.807, 2.05) is 84.9 Å². The third-order valence-corrected chi connectivity index (χ3v) is 6.07. The summed E-state index contributed by atoms with van der Waals surface area (Å²) in [4.78, 5) is 9.03. The molecule has 0 saturated heterocycles. The average Bonchev–Trinajstić information content (AvgIpc) is 2.99. The van der Waals surface area contributed by atoms with Gasteiger partial charge in [-0.25, -0.2) is 0 Å². The van der Waals surface area contributed by atoms with E-state index in [0.717, 1.165) is 44.8 Å². The molecule has 38 heavy (non-hydrogen) atoms. The molecule has 0 bridgehead atoms. The summed E-state index contributed by atoms with van der Waals surface area (Å²) < 4.78 is 6.71. The molecule has 0 unspecified atom stereocenters. The van der Waals surface area contributed by atoms with Crippen molar-refractivity contribution < 1.29 is 25.8 Å². The second-order valence-electron chi connectivity index (χ2n) is 8.49. The number of benzene rings is 4. The molecule has 4 aromatic carbocycles. The first-order chi connectivity index (χ1) is 18.3. The van der Waals surface area contributed by atoms with E-state index in [4.69, 9.17) is 4.74 Å². The van der Waals surface area contributed by atoms with Gasteiger partial charge in [0.1, 0.15) is 0 Å². The van der Waals surface area contributed by atoms with E-state index in [2.05, 4.69) is 58.5 Å². The van der Waals surface area contributed by atoms with Crippen LogP contribution in [-0.2, 0) is 21.1 Å². The van der Waals surface area contributed by atoms with Crippen molar-refractivity contribution in [3.05, 3.63) is 146 Å². The summed E-state index contributed by atoms with van der Waals surface area (Å²) >= 11 is 0. The van der Waals surface area contributed by atoms with Crippen LogP contribution in [0.2, 0.25) is 0 Å². The monoisotopic (exact) mass is 669 g/mol. The van der Waals surface area contributed by atoms with E-state index in [1.54, 1.807) is 12.4 Å². The summed E-state index contributed by atoms with van der Waals surface area (Å²) in [5, 5.41) is 0. The van der Waals surface area contributed by atoms with Crippen LogP contribution in [0.5, 0.6) is 11.5 Å². The van der Waals surface area contributed by atoms with Crippen LogP contribution in [0.25, 0.3) is 44.8 Å². The van der Waals surface area contributed by atoms with Crippen LogP contribution in [0.1, 0.15) is 0 Å². The molecule has 0 N–H and O–H groups in total. The van der Waals surface area contributed by atoms with Crippen LogP contribution in [0.4, 0.5) is 0 Å². The topological polar surface area (TPSA) is 35.0 Å². The molecule has 0 spiro atoms. The van der Waals surface area contributed by atoms with Gasteiger partial charge in [-0.3, -0.25) is 0 Å². The quantitative estimate of drug-likeness (QED) is 0.167. The van der Waals surface area contributed by atoms with Crippen molar-refractivity contribution in [2.75, 3.05) is 0 Å². The van der Waals surface area contributed by atoms with Crippen molar-refractivity contribution in [1.29, 1.82) is 0 Å². The SMILES string of the molecule is [Pt+2].[c-]1c(-c2ccccn2)ccc(-c2ccccc2)c1Oc1[c-]c(-c2ccccn2)ccc1-c1ccccc1. The van der Waals surface area contributed by atoms with Crippen molar-refractivity contribution in [1.82, 2.24) is 9.97 Å². The Morgan fingerprint density at radius 1 is 0.447 bits per heavy atom. The van der Waals surface area contributed by atoms with E-state index in [-0.39, 0.29) is 21.1 Å². The normalized spacial score (nSPS) is 10.4. The number of hydrogen-bond acceptors (Lipinski definition) is 3.